The molecule has 2 atom stereocenters. The van der Waals surface area contributed by atoms with Crippen LogP contribution in [-0.2, 0) is 17.2 Å². The van der Waals surface area contributed by atoms with E-state index in [1.54, 1.807) is 44.6 Å². The molecule has 188 valence electrons. The Morgan fingerprint density at radius 2 is 2.08 bits per heavy atom. The second-order valence-corrected chi connectivity index (χ2v) is 9.77. The van der Waals surface area contributed by atoms with Gasteiger partial charge in [-0.15, -0.1) is 0 Å². The zero-order chi connectivity index (χ0) is 26.4. The van der Waals surface area contributed by atoms with Crippen molar-refractivity contribution in [2.24, 2.45) is 4.99 Å². The van der Waals surface area contributed by atoms with Crippen LogP contribution in [0.4, 0.5) is 8.78 Å². The lowest BCUT2D eigenvalue weighted by Crippen LogP contribution is -2.22. The summed E-state index contributed by atoms with van der Waals surface area (Å²) in [5.41, 5.74) is 0.621. The normalized spacial score (nSPS) is 14.3. The fraction of sp³-hybridized carbons (Fsp3) is 0.231. The van der Waals surface area contributed by atoms with Gasteiger partial charge in [0.05, 0.1) is 27.6 Å². The molecular weight excluding hydrogens is 506 g/mol. The summed E-state index contributed by atoms with van der Waals surface area (Å²) in [6.07, 6.45) is 10.4. The molecule has 2 aromatic heterocycles. The van der Waals surface area contributed by atoms with E-state index in [1.807, 2.05) is 6.92 Å². The fourth-order valence-corrected chi connectivity index (χ4v) is 4.59. The Kier molecular flexibility index (Phi) is 9.17. The van der Waals surface area contributed by atoms with Crippen LogP contribution in [0.3, 0.4) is 0 Å². The molecule has 6 nitrogen and oxygen atoms in total. The summed E-state index contributed by atoms with van der Waals surface area (Å²) in [7, 11) is -1.63. The molecule has 0 aliphatic heterocycles. The SMILES string of the molecule is C/C=C/N=C(/C(F)=C/n1c(C)cc(C(C)Cc2cnccn2)c(Cl)c1=O)c1cccc(S(C)=O)c1F. The van der Waals surface area contributed by atoms with E-state index in [2.05, 4.69) is 15.0 Å². The van der Waals surface area contributed by atoms with Gasteiger partial charge in [0.25, 0.3) is 5.56 Å². The Hall–Kier alpha value is -3.30. The van der Waals surface area contributed by atoms with Crippen LogP contribution in [0.25, 0.3) is 6.20 Å². The number of allylic oxidation sites excluding steroid dienone is 2. The lowest BCUT2D eigenvalue weighted by atomic mass is 9.96. The van der Waals surface area contributed by atoms with Crippen LogP contribution in [0.5, 0.6) is 0 Å². The molecule has 0 radical (unpaired) electrons. The van der Waals surface area contributed by atoms with Crippen LogP contribution in [0.15, 0.2) is 75.6 Å². The van der Waals surface area contributed by atoms with E-state index < -0.39 is 28.0 Å². The average Bonchev–Trinajstić information content (AvgIpc) is 2.85. The Morgan fingerprint density at radius 3 is 2.72 bits per heavy atom. The minimum Gasteiger partial charge on any atom is -0.284 e. The van der Waals surface area contributed by atoms with E-state index >= 15 is 8.78 Å². The van der Waals surface area contributed by atoms with Crippen molar-refractivity contribution < 1.29 is 13.0 Å². The molecule has 0 saturated heterocycles. The minimum absolute atomic E-state index is 0.0532. The molecule has 0 amide bonds. The highest BCUT2D eigenvalue weighted by molar-refractivity contribution is 7.84. The molecule has 0 aliphatic carbocycles. The van der Waals surface area contributed by atoms with E-state index in [9.17, 15) is 9.00 Å². The van der Waals surface area contributed by atoms with E-state index in [4.69, 9.17) is 11.6 Å². The maximum absolute atomic E-state index is 15.5. The first-order valence-electron chi connectivity index (χ1n) is 11.0. The van der Waals surface area contributed by atoms with Crippen molar-refractivity contribution in [3.05, 3.63) is 105 Å². The predicted molar refractivity (Wildman–Crippen MR) is 140 cm³/mol. The van der Waals surface area contributed by atoms with Crippen molar-refractivity contribution >= 4 is 34.3 Å². The number of aliphatic imine (C=N–C) groups is 1. The molecule has 0 aliphatic rings. The van der Waals surface area contributed by atoms with Gasteiger partial charge in [-0.25, -0.2) is 8.78 Å². The summed E-state index contributed by atoms with van der Waals surface area (Å²) in [6.45, 7) is 5.22. The molecule has 2 unspecified atom stereocenters. The number of hydrogen-bond donors (Lipinski definition) is 0. The standard InChI is InChI=1S/C26H25ClF2N4O2S/c1-5-9-32-25(19-7-6-8-22(24(19)29)36(4)35)21(28)15-33-17(3)13-20(23(27)26(33)34)16(2)12-18-14-30-10-11-31-18/h5-11,13-16H,12H2,1-4H3/b9-5+,21-15-,32-25+. The van der Waals surface area contributed by atoms with E-state index in [0.717, 1.165) is 16.5 Å². The van der Waals surface area contributed by atoms with Gasteiger partial charge in [0, 0.05) is 42.3 Å². The third kappa shape index (κ3) is 6.09. The van der Waals surface area contributed by atoms with Gasteiger partial charge in [0.2, 0.25) is 0 Å². The first-order valence-corrected chi connectivity index (χ1v) is 12.9. The maximum atomic E-state index is 15.5. The van der Waals surface area contributed by atoms with Gasteiger partial charge in [0.15, 0.2) is 5.83 Å². The van der Waals surface area contributed by atoms with Crippen LogP contribution in [0.2, 0.25) is 5.02 Å². The lowest BCUT2D eigenvalue weighted by molar-refractivity contribution is 0.591. The second kappa shape index (κ2) is 12.1. The monoisotopic (exact) mass is 530 g/mol. The van der Waals surface area contributed by atoms with Crippen LogP contribution >= 0.6 is 11.6 Å². The smallest absolute Gasteiger partial charge is 0.273 e. The van der Waals surface area contributed by atoms with Gasteiger partial charge >= 0.3 is 0 Å². The number of aromatic nitrogens is 3. The van der Waals surface area contributed by atoms with Crippen LogP contribution < -0.4 is 5.56 Å². The summed E-state index contributed by atoms with van der Waals surface area (Å²) >= 11 is 6.42. The maximum Gasteiger partial charge on any atom is 0.273 e. The van der Waals surface area contributed by atoms with E-state index in [-0.39, 0.29) is 27.1 Å². The topological polar surface area (TPSA) is 77.2 Å². The first-order chi connectivity index (χ1) is 17.1. The third-order valence-corrected chi connectivity index (χ3v) is 6.73. The molecule has 0 saturated carbocycles. The van der Waals surface area contributed by atoms with Crippen LogP contribution in [-0.4, -0.2) is 30.7 Å². The van der Waals surface area contributed by atoms with E-state index in [1.165, 1.54) is 30.7 Å². The quantitative estimate of drug-likeness (QED) is 0.354. The summed E-state index contributed by atoms with van der Waals surface area (Å²) in [6, 6.07) is 5.87. The highest BCUT2D eigenvalue weighted by Gasteiger charge is 2.21. The highest BCUT2D eigenvalue weighted by Crippen LogP contribution is 2.26. The van der Waals surface area contributed by atoms with Crippen molar-refractivity contribution in [2.45, 2.75) is 38.0 Å². The molecule has 36 heavy (non-hydrogen) atoms. The van der Waals surface area contributed by atoms with Gasteiger partial charge in [-0.05, 0) is 49.9 Å². The highest BCUT2D eigenvalue weighted by atomic mass is 35.5. The van der Waals surface area contributed by atoms with Gasteiger partial charge in [0.1, 0.15) is 16.6 Å². The third-order valence-electron chi connectivity index (χ3n) is 5.42. The molecule has 3 rings (SSSR count). The Balaban J connectivity index is 2.07. The Labute approximate surface area is 215 Å². The largest absolute Gasteiger partial charge is 0.284 e. The summed E-state index contributed by atoms with van der Waals surface area (Å²) < 4.78 is 43.5. The number of hydrogen-bond acceptors (Lipinski definition) is 5. The Morgan fingerprint density at radius 1 is 1.33 bits per heavy atom. The summed E-state index contributed by atoms with van der Waals surface area (Å²) in [4.78, 5) is 25.4. The van der Waals surface area contributed by atoms with Crippen molar-refractivity contribution in [1.29, 1.82) is 0 Å². The fourth-order valence-electron chi connectivity index (χ4n) is 3.62. The summed E-state index contributed by atoms with van der Waals surface area (Å²) in [5, 5.41) is -0.0532. The lowest BCUT2D eigenvalue weighted by Gasteiger charge is -2.16. The number of pyridine rings is 1. The number of halogens is 3. The average molecular weight is 531 g/mol. The molecule has 0 bridgehead atoms. The van der Waals surface area contributed by atoms with Crippen LogP contribution in [0, 0.1) is 12.7 Å². The van der Waals surface area contributed by atoms with Crippen molar-refractivity contribution in [1.82, 2.24) is 14.5 Å². The molecule has 0 N–H and O–H groups in total. The van der Waals surface area contributed by atoms with E-state index in [0.29, 0.717) is 17.7 Å². The van der Waals surface area contributed by atoms with Crippen molar-refractivity contribution in [2.75, 3.05) is 6.26 Å². The molecule has 0 fully saturated rings. The molecule has 1 aromatic carbocycles. The Bertz CT molecular complexity index is 1440. The molecule has 0 spiro atoms. The molecule has 10 heteroatoms. The number of nitrogens with zero attached hydrogens (tertiary/aromatic N) is 4. The molecular formula is C26H25ClF2N4O2S. The predicted octanol–water partition coefficient (Wildman–Crippen LogP) is 5.61. The van der Waals surface area contributed by atoms with Crippen molar-refractivity contribution in [3.8, 4) is 0 Å². The number of benzene rings is 1. The van der Waals surface area contributed by atoms with Gasteiger partial charge in [-0.2, -0.15) is 0 Å². The first kappa shape index (κ1) is 27.3. The van der Waals surface area contributed by atoms with Crippen molar-refractivity contribution in [3.63, 3.8) is 0 Å². The minimum atomic E-state index is -1.63. The van der Waals surface area contributed by atoms with Gasteiger partial charge in [-0.3, -0.25) is 28.5 Å². The van der Waals surface area contributed by atoms with Gasteiger partial charge in [-0.1, -0.05) is 30.7 Å². The number of aryl methyl sites for hydroxylation is 1. The zero-order valence-electron chi connectivity index (χ0n) is 20.2. The molecule has 3 aromatic rings. The second-order valence-electron chi connectivity index (χ2n) is 8.04. The molecule has 2 heterocycles. The zero-order valence-corrected chi connectivity index (χ0v) is 21.8. The van der Waals surface area contributed by atoms with Gasteiger partial charge < -0.3 is 0 Å². The van der Waals surface area contributed by atoms with Crippen LogP contribution in [0.1, 0.15) is 42.3 Å². The number of rotatable bonds is 8. The summed E-state index contributed by atoms with van der Waals surface area (Å²) in [5.74, 6) is -1.96.